The van der Waals surface area contributed by atoms with Crippen molar-refractivity contribution in [2.45, 2.75) is 6.42 Å². The lowest BCUT2D eigenvalue weighted by Crippen LogP contribution is -2.45. The summed E-state index contributed by atoms with van der Waals surface area (Å²) in [5.74, 6) is -0.629. The molecule has 5 nitrogen and oxygen atoms in total. The Morgan fingerprint density at radius 3 is 2.75 bits per heavy atom. The second-order valence-electron chi connectivity index (χ2n) is 5.00. The molecule has 0 saturated carbocycles. The topological polar surface area (TPSA) is 62.3 Å². The van der Waals surface area contributed by atoms with Crippen LogP contribution in [0.4, 0.5) is 0 Å². The molecule has 1 N–H and O–H groups in total. The summed E-state index contributed by atoms with van der Waals surface area (Å²) in [4.78, 5) is 29.0. The van der Waals surface area contributed by atoms with E-state index in [1.54, 1.807) is 24.5 Å². The molecule has 0 aliphatic carbocycles. The lowest BCUT2D eigenvalue weighted by atomic mass is 10.1. The standard InChI is InChI=1S/C17H13N3O2S2/c21-15(10-12-5-2-1-3-6-12)19-20-16(22)14(24-17(20)23)9-13-7-4-8-18-11-13/h1-9,11H,10H2,(H,19,21)/b14-9-. The van der Waals surface area contributed by atoms with E-state index in [1.807, 2.05) is 36.4 Å². The second-order valence-corrected chi connectivity index (χ2v) is 6.68. The molecule has 0 spiro atoms. The van der Waals surface area contributed by atoms with Crippen molar-refractivity contribution in [2.24, 2.45) is 0 Å². The zero-order valence-corrected chi connectivity index (χ0v) is 14.1. The molecule has 120 valence electrons. The molecule has 2 aromatic rings. The van der Waals surface area contributed by atoms with E-state index in [9.17, 15) is 9.59 Å². The molecule has 1 aromatic heterocycles. The van der Waals surface area contributed by atoms with Gasteiger partial charge in [-0.05, 0) is 35.5 Å². The predicted octanol–water partition coefficient (Wildman–Crippen LogP) is 2.56. The maximum atomic E-state index is 12.4. The van der Waals surface area contributed by atoms with Crippen LogP contribution >= 0.6 is 24.0 Å². The summed E-state index contributed by atoms with van der Waals surface area (Å²) in [6, 6.07) is 12.9. The van der Waals surface area contributed by atoms with Crippen molar-refractivity contribution >= 4 is 46.2 Å². The first-order valence-electron chi connectivity index (χ1n) is 7.15. The van der Waals surface area contributed by atoms with Gasteiger partial charge < -0.3 is 0 Å². The minimum Gasteiger partial charge on any atom is -0.273 e. The molecular formula is C17H13N3O2S2. The van der Waals surface area contributed by atoms with Gasteiger partial charge in [0.15, 0.2) is 4.32 Å². The Balaban J connectivity index is 1.68. The van der Waals surface area contributed by atoms with E-state index in [-0.39, 0.29) is 18.2 Å². The third kappa shape index (κ3) is 3.87. The zero-order chi connectivity index (χ0) is 16.9. The van der Waals surface area contributed by atoms with Crippen LogP contribution in [0.2, 0.25) is 0 Å². The lowest BCUT2D eigenvalue weighted by Gasteiger charge is -2.15. The van der Waals surface area contributed by atoms with Gasteiger partial charge in [-0.3, -0.25) is 20.0 Å². The Bertz CT molecular complexity index is 807. The van der Waals surface area contributed by atoms with Crippen LogP contribution in [0.5, 0.6) is 0 Å². The summed E-state index contributed by atoms with van der Waals surface area (Å²) < 4.78 is 0.302. The fourth-order valence-corrected chi connectivity index (χ4v) is 3.30. The molecule has 0 atom stereocenters. The van der Waals surface area contributed by atoms with Crippen molar-refractivity contribution in [3.63, 3.8) is 0 Å². The normalized spacial score (nSPS) is 15.8. The number of nitrogens with one attached hydrogen (secondary N) is 1. The summed E-state index contributed by atoms with van der Waals surface area (Å²) in [5, 5.41) is 1.12. The van der Waals surface area contributed by atoms with E-state index in [2.05, 4.69) is 10.4 Å². The highest BCUT2D eigenvalue weighted by Crippen LogP contribution is 2.31. The molecule has 7 heteroatoms. The van der Waals surface area contributed by atoms with Gasteiger partial charge in [0.2, 0.25) is 5.91 Å². The molecule has 1 fully saturated rings. The summed E-state index contributed by atoms with van der Waals surface area (Å²) in [6.45, 7) is 0. The third-order valence-electron chi connectivity index (χ3n) is 3.22. The summed E-state index contributed by atoms with van der Waals surface area (Å²) in [6.07, 6.45) is 5.20. The molecule has 3 rings (SSSR count). The zero-order valence-electron chi connectivity index (χ0n) is 12.5. The van der Waals surface area contributed by atoms with E-state index in [1.165, 1.54) is 0 Å². The minimum atomic E-state index is -0.338. The largest absolute Gasteiger partial charge is 0.285 e. The van der Waals surface area contributed by atoms with Crippen LogP contribution in [0, 0.1) is 0 Å². The van der Waals surface area contributed by atoms with E-state index < -0.39 is 0 Å². The van der Waals surface area contributed by atoms with E-state index >= 15 is 0 Å². The van der Waals surface area contributed by atoms with Gasteiger partial charge in [0.05, 0.1) is 11.3 Å². The Kier molecular flexibility index (Phi) is 5.02. The first-order chi connectivity index (χ1) is 11.6. The number of carbonyl (C=O) groups is 2. The van der Waals surface area contributed by atoms with Gasteiger partial charge in [0, 0.05) is 12.4 Å². The maximum Gasteiger partial charge on any atom is 0.285 e. The van der Waals surface area contributed by atoms with Gasteiger partial charge >= 0.3 is 0 Å². The highest BCUT2D eigenvalue weighted by Gasteiger charge is 2.33. The molecule has 24 heavy (non-hydrogen) atoms. The second kappa shape index (κ2) is 7.37. The number of thioether (sulfide) groups is 1. The molecule has 1 saturated heterocycles. The number of aromatic nitrogens is 1. The van der Waals surface area contributed by atoms with Crippen LogP contribution in [0.3, 0.4) is 0 Å². The number of rotatable bonds is 4. The van der Waals surface area contributed by atoms with E-state index in [4.69, 9.17) is 12.2 Å². The molecule has 1 aromatic carbocycles. The third-order valence-corrected chi connectivity index (χ3v) is 4.52. The number of hydrogen-bond acceptors (Lipinski definition) is 5. The van der Waals surface area contributed by atoms with Gasteiger partial charge in [-0.25, -0.2) is 0 Å². The summed E-state index contributed by atoms with van der Waals surface area (Å²) >= 11 is 6.34. The maximum absolute atomic E-state index is 12.4. The van der Waals surface area contributed by atoms with Crippen molar-refractivity contribution in [1.29, 1.82) is 0 Å². The van der Waals surface area contributed by atoms with Crippen molar-refractivity contribution in [2.75, 3.05) is 0 Å². The molecule has 0 unspecified atom stereocenters. The fourth-order valence-electron chi connectivity index (χ4n) is 2.12. The lowest BCUT2D eigenvalue weighted by molar-refractivity contribution is -0.132. The van der Waals surface area contributed by atoms with Crippen molar-refractivity contribution in [3.8, 4) is 0 Å². The average Bonchev–Trinajstić information content (AvgIpc) is 2.84. The number of amides is 2. The number of benzene rings is 1. The number of hydrazine groups is 1. The van der Waals surface area contributed by atoms with Crippen molar-refractivity contribution in [3.05, 3.63) is 70.9 Å². The van der Waals surface area contributed by atoms with Crippen LogP contribution in [0.25, 0.3) is 6.08 Å². The van der Waals surface area contributed by atoms with Gasteiger partial charge in [0.25, 0.3) is 5.91 Å². The average molecular weight is 355 g/mol. The van der Waals surface area contributed by atoms with Crippen LogP contribution in [-0.4, -0.2) is 26.1 Å². The first kappa shape index (κ1) is 16.4. The number of hydrogen-bond donors (Lipinski definition) is 1. The van der Waals surface area contributed by atoms with Crippen LogP contribution in [0.1, 0.15) is 11.1 Å². The van der Waals surface area contributed by atoms with Gasteiger partial charge in [-0.15, -0.1) is 0 Å². The fraction of sp³-hybridized carbons (Fsp3) is 0.0588. The van der Waals surface area contributed by atoms with Crippen molar-refractivity contribution in [1.82, 2.24) is 15.4 Å². The van der Waals surface area contributed by atoms with E-state index in [0.29, 0.717) is 9.23 Å². The molecule has 1 aliphatic rings. The van der Waals surface area contributed by atoms with Crippen molar-refractivity contribution < 1.29 is 9.59 Å². The molecule has 2 amide bonds. The predicted molar refractivity (Wildman–Crippen MR) is 97.5 cm³/mol. The van der Waals surface area contributed by atoms with Gasteiger partial charge in [0.1, 0.15) is 0 Å². The van der Waals surface area contributed by atoms with Crippen LogP contribution in [-0.2, 0) is 16.0 Å². The molecular weight excluding hydrogens is 342 g/mol. The molecule has 0 radical (unpaired) electrons. The molecule has 0 bridgehead atoms. The van der Waals surface area contributed by atoms with E-state index in [0.717, 1.165) is 27.9 Å². The molecule has 1 aliphatic heterocycles. The van der Waals surface area contributed by atoms with Crippen LogP contribution in [0.15, 0.2) is 59.8 Å². The highest BCUT2D eigenvalue weighted by molar-refractivity contribution is 8.26. The number of nitrogens with zero attached hydrogens (tertiary/aromatic N) is 2. The van der Waals surface area contributed by atoms with Gasteiger partial charge in [-0.2, -0.15) is 5.01 Å². The monoisotopic (exact) mass is 355 g/mol. The Labute approximate surface area is 148 Å². The number of pyridine rings is 1. The Morgan fingerprint density at radius 1 is 1.25 bits per heavy atom. The number of carbonyl (C=O) groups excluding carboxylic acids is 2. The first-order valence-corrected chi connectivity index (χ1v) is 8.37. The summed E-state index contributed by atoms with van der Waals surface area (Å²) in [7, 11) is 0. The minimum absolute atomic E-state index is 0.180. The number of thiocarbonyl (C=S) groups is 1. The van der Waals surface area contributed by atoms with Gasteiger partial charge in [-0.1, -0.05) is 48.2 Å². The SMILES string of the molecule is O=C(Cc1ccccc1)NN1C(=O)/C(=C/c2cccnc2)SC1=S. The van der Waals surface area contributed by atoms with Crippen LogP contribution < -0.4 is 5.43 Å². The smallest absolute Gasteiger partial charge is 0.273 e. The Hall–Kier alpha value is -2.51. The molecule has 2 heterocycles. The Morgan fingerprint density at radius 2 is 2.04 bits per heavy atom. The summed E-state index contributed by atoms with van der Waals surface area (Å²) in [5.41, 5.74) is 4.24. The quantitative estimate of drug-likeness (QED) is 0.675. The highest BCUT2D eigenvalue weighted by atomic mass is 32.2.